The number of hydrogen-bond donors (Lipinski definition) is 0. The summed E-state index contributed by atoms with van der Waals surface area (Å²) < 4.78 is 9.55. The summed E-state index contributed by atoms with van der Waals surface area (Å²) in [6.45, 7) is 7.71. The summed E-state index contributed by atoms with van der Waals surface area (Å²) >= 11 is 0. The summed E-state index contributed by atoms with van der Waals surface area (Å²) in [6, 6.07) is 0. The van der Waals surface area contributed by atoms with Gasteiger partial charge in [0.15, 0.2) is 5.41 Å². The van der Waals surface area contributed by atoms with Gasteiger partial charge in [0.25, 0.3) is 0 Å². The quantitative estimate of drug-likeness (QED) is 0.336. The monoisotopic (exact) mass is 280 g/mol. The largest absolute Gasteiger partial charge is 0.468 e. The second-order valence-electron chi connectivity index (χ2n) is 5.57. The minimum Gasteiger partial charge on any atom is -0.468 e. The van der Waals surface area contributed by atoms with Crippen molar-refractivity contribution in [2.45, 2.75) is 40.5 Å². The lowest BCUT2D eigenvalue weighted by Crippen LogP contribution is -2.40. The van der Waals surface area contributed by atoms with E-state index in [2.05, 4.69) is 11.8 Å². The Morgan fingerprint density at radius 2 is 1.60 bits per heavy atom. The molecular formula is C16H24O4. The fourth-order valence-corrected chi connectivity index (χ4v) is 1.64. The van der Waals surface area contributed by atoms with E-state index in [0.29, 0.717) is 0 Å². The van der Waals surface area contributed by atoms with E-state index < -0.39 is 17.4 Å². The molecule has 0 atom stereocenters. The molecule has 0 fully saturated rings. The molecule has 0 aliphatic heterocycles. The number of allylic oxidation sites excluding steroid dienone is 2. The van der Waals surface area contributed by atoms with E-state index in [1.807, 2.05) is 27.7 Å². The fraction of sp³-hybridized carbons (Fsp3) is 0.625. The topological polar surface area (TPSA) is 52.6 Å². The standard InChI is InChI=1S/C16H24O4/c1-7-8-11-16(13(17)19-5,14(18)20-6)12-9-10-15(2,3)4/h7-8H,11-12H2,1-6H3/b8-7+. The van der Waals surface area contributed by atoms with Crippen molar-refractivity contribution in [1.29, 1.82) is 0 Å². The zero-order valence-electron chi connectivity index (χ0n) is 13.2. The number of methoxy groups -OCH3 is 2. The first-order valence-corrected chi connectivity index (χ1v) is 6.51. The summed E-state index contributed by atoms with van der Waals surface area (Å²) in [5.74, 6) is 4.70. The van der Waals surface area contributed by atoms with Crippen LogP contribution in [0.15, 0.2) is 12.2 Å². The van der Waals surface area contributed by atoms with Crippen LogP contribution in [0.2, 0.25) is 0 Å². The second-order valence-corrected chi connectivity index (χ2v) is 5.57. The molecule has 20 heavy (non-hydrogen) atoms. The number of esters is 2. The maximum Gasteiger partial charge on any atom is 0.324 e. The summed E-state index contributed by atoms with van der Waals surface area (Å²) in [7, 11) is 2.51. The van der Waals surface area contributed by atoms with Crippen molar-refractivity contribution in [2.24, 2.45) is 10.8 Å². The Kier molecular flexibility index (Phi) is 7.06. The Bertz CT molecular complexity index is 414. The lowest BCUT2D eigenvalue weighted by Gasteiger charge is -2.25. The number of ether oxygens (including phenoxy) is 2. The third kappa shape index (κ3) is 5.08. The second kappa shape index (κ2) is 7.74. The van der Waals surface area contributed by atoms with Crippen molar-refractivity contribution in [3.05, 3.63) is 12.2 Å². The molecule has 0 amide bonds. The lowest BCUT2D eigenvalue weighted by molar-refractivity contribution is -0.168. The van der Waals surface area contributed by atoms with Crippen molar-refractivity contribution in [3.63, 3.8) is 0 Å². The Morgan fingerprint density at radius 1 is 1.10 bits per heavy atom. The third-order valence-electron chi connectivity index (χ3n) is 2.71. The zero-order valence-corrected chi connectivity index (χ0v) is 13.2. The van der Waals surface area contributed by atoms with Crippen LogP contribution in [0, 0.1) is 22.7 Å². The molecule has 0 aromatic rings. The van der Waals surface area contributed by atoms with Gasteiger partial charge in [-0.15, -0.1) is 5.92 Å². The van der Waals surface area contributed by atoms with Gasteiger partial charge in [-0.25, -0.2) is 0 Å². The van der Waals surface area contributed by atoms with Crippen molar-refractivity contribution >= 4 is 11.9 Å². The molecule has 0 radical (unpaired) electrons. The number of carbonyl (C=O) groups excluding carboxylic acids is 2. The van der Waals surface area contributed by atoms with Gasteiger partial charge >= 0.3 is 11.9 Å². The molecular weight excluding hydrogens is 256 g/mol. The summed E-state index contributed by atoms with van der Waals surface area (Å²) in [4.78, 5) is 24.1. The van der Waals surface area contributed by atoms with Gasteiger partial charge in [-0.1, -0.05) is 18.1 Å². The van der Waals surface area contributed by atoms with Gasteiger partial charge in [-0.05, 0) is 34.1 Å². The highest BCUT2D eigenvalue weighted by molar-refractivity contribution is 6.00. The van der Waals surface area contributed by atoms with Crippen LogP contribution in [-0.2, 0) is 19.1 Å². The number of hydrogen-bond acceptors (Lipinski definition) is 4. The van der Waals surface area contributed by atoms with Gasteiger partial charge in [-0.3, -0.25) is 9.59 Å². The van der Waals surface area contributed by atoms with E-state index in [1.165, 1.54) is 14.2 Å². The highest BCUT2D eigenvalue weighted by atomic mass is 16.5. The number of rotatable bonds is 5. The van der Waals surface area contributed by atoms with Gasteiger partial charge < -0.3 is 9.47 Å². The maximum atomic E-state index is 12.1. The molecule has 0 unspecified atom stereocenters. The van der Waals surface area contributed by atoms with Crippen LogP contribution in [0.5, 0.6) is 0 Å². The molecule has 0 saturated heterocycles. The predicted molar refractivity (Wildman–Crippen MR) is 77.7 cm³/mol. The van der Waals surface area contributed by atoms with Crippen LogP contribution in [0.25, 0.3) is 0 Å². The molecule has 0 aromatic heterocycles. The van der Waals surface area contributed by atoms with Gasteiger partial charge in [0.1, 0.15) is 0 Å². The summed E-state index contributed by atoms with van der Waals surface area (Å²) in [5, 5.41) is 0. The minimum atomic E-state index is -1.39. The first-order valence-electron chi connectivity index (χ1n) is 6.51. The van der Waals surface area contributed by atoms with Gasteiger partial charge in [0.2, 0.25) is 0 Å². The van der Waals surface area contributed by atoms with Crippen LogP contribution in [0.3, 0.4) is 0 Å². The molecule has 0 heterocycles. The van der Waals surface area contributed by atoms with Gasteiger partial charge in [-0.2, -0.15) is 0 Å². The Balaban J connectivity index is 5.53. The third-order valence-corrected chi connectivity index (χ3v) is 2.71. The van der Waals surface area contributed by atoms with Crippen molar-refractivity contribution in [2.75, 3.05) is 14.2 Å². The van der Waals surface area contributed by atoms with Crippen LogP contribution in [0.4, 0.5) is 0 Å². The molecule has 0 bridgehead atoms. The molecule has 0 aliphatic rings. The van der Waals surface area contributed by atoms with E-state index in [1.54, 1.807) is 12.2 Å². The molecule has 4 heteroatoms. The first-order chi connectivity index (χ1) is 9.23. The highest BCUT2D eigenvalue weighted by Gasteiger charge is 2.47. The van der Waals surface area contributed by atoms with Crippen molar-refractivity contribution in [1.82, 2.24) is 0 Å². The Morgan fingerprint density at radius 3 is 1.95 bits per heavy atom. The van der Waals surface area contributed by atoms with Crippen LogP contribution < -0.4 is 0 Å². The predicted octanol–water partition coefficient (Wildman–Crippen LogP) is 2.72. The maximum absolute atomic E-state index is 12.1. The molecule has 0 spiro atoms. The summed E-state index contributed by atoms with van der Waals surface area (Å²) in [5.41, 5.74) is -1.59. The Hall–Kier alpha value is -1.76. The lowest BCUT2D eigenvalue weighted by atomic mass is 9.80. The van der Waals surface area contributed by atoms with Crippen LogP contribution >= 0.6 is 0 Å². The smallest absolute Gasteiger partial charge is 0.324 e. The van der Waals surface area contributed by atoms with Crippen molar-refractivity contribution in [3.8, 4) is 11.8 Å². The molecule has 112 valence electrons. The van der Waals surface area contributed by atoms with E-state index in [4.69, 9.17) is 9.47 Å². The molecule has 0 rings (SSSR count). The van der Waals surface area contributed by atoms with E-state index in [9.17, 15) is 9.59 Å². The van der Waals surface area contributed by atoms with E-state index in [-0.39, 0.29) is 18.3 Å². The highest BCUT2D eigenvalue weighted by Crippen LogP contribution is 2.31. The first kappa shape index (κ1) is 18.2. The normalized spacial score (nSPS) is 11.7. The average molecular weight is 280 g/mol. The molecule has 0 aliphatic carbocycles. The SMILES string of the molecule is C/C=C/CC(CC#CC(C)(C)C)(C(=O)OC)C(=O)OC. The van der Waals surface area contributed by atoms with Gasteiger partial charge in [0.05, 0.1) is 14.2 Å². The Labute approximate surface area is 121 Å². The van der Waals surface area contributed by atoms with Crippen molar-refractivity contribution < 1.29 is 19.1 Å². The number of carbonyl (C=O) groups is 2. The molecule has 0 N–H and O–H groups in total. The van der Waals surface area contributed by atoms with E-state index >= 15 is 0 Å². The summed E-state index contributed by atoms with van der Waals surface area (Å²) in [6.07, 6.45) is 3.81. The molecule has 0 saturated carbocycles. The molecule has 0 aromatic carbocycles. The zero-order chi connectivity index (χ0) is 15.8. The molecule has 4 nitrogen and oxygen atoms in total. The van der Waals surface area contributed by atoms with Gasteiger partial charge in [0, 0.05) is 11.8 Å². The van der Waals surface area contributed by atoms with Crippen LogP contribution in [-0.4, -0.2) is 26.2 Å². The van der Waals surface area contributed by atoms with E-state index in [0.717, 1.165) is 0 Å². The average Bonchev–Trinajstić information content (AvgIpc) is 2.39. The van der Waals surface area contributed by atoms with Crippen LogP contribution in [0.1, 0.15) is 40.5 Å². The fourth-order valence-electron chi connectivity index (χ4n) is 1.64. The minimum absolute atomic E-state index is 0.0773.